The van der Waals surface area contributed by atoms with Gasteiger partial charge in [-0.3, -0.25) is 4.79 Å². The van der Waals surface area contributed by atoms with Gasteiger partial charge in [0.15, 0.2) is 0 Å². The highest BCUT2D eigenvalue weighted by molar-refractivity contribution is 5.83. The second-order valence-corrected chi connectivity index (χ2v) is 7.28. The molecule has 124 valence electrons. The van der Waals surface area contributed by atoms with Gasteiger partial charge in [0.2, 0.25) is 5.91 Å². The quantitative estimate of drug-likeness (QED) is 0.908. The number of hydrogen-bond acceptors (Lipinski definition) is 3. The average molecular weight is 314 g/mol. The molecule has 23 heavy (non-hydrogen) atoms. The molecule has 1 aliphatic heterocycles. The monoisotopic (exact) mass is 314 g/mol. The van der Waals surface area contributed by atoms with Crippen LogP contribution in [0.5, 0.6) is 5.75 Å². The van der Waals surface area contributed by atoms with Crippen molar-refractivity contribution in [3.05, 3.63) is 29.8 Å². The first kappa shape index (κ1) is 15.0. The van der Waals surface area contributed by atoms with Crippen LogP contribution in [0.4, 0.5) is 0 Å². The summed E-state index contributed by atoms with van der Waals surface area (Å²) in [5.74, 6) is 1.66. The Kier molecular flexibility index (Phi) is 4.02. The molecule has 1 saturated heterocycles. The fraction of sp³-hybridized carbons (Fsp3) is 0.632. The van der Waals surface area contributed by atoms with Gasteiger partial charge >= 0.3 is 0 Å². The number of methoxy groups -OCH3 is 1. The van der Waals surface area contributed by atoms with Gasteiger partial charge in [-0.25, -0.2) is 0 Å². The molecule has 0 aromatic heterocycles. The van der Waals surface area contributed by atoms with Gasteiger partial charge in [-0.1, -0.05) is 12.1 Å². The maximum atomic E-state index is 12.5. The van der Waals surface area contributed by atoms with E-state index in [1.54, 1.807) is 7.11 Å². The first-order valence-corrected chi connectivity index (χ1v) is 8.93. The van der Waals surface area contributed by atoms with Crippen LogP contribution in [0, 0.1) is 5.92 Å². The first-order chi connectivity index (χ1) is 11.2. The summed E-state index contributed by atoms with van der Waals surface area (Å²) in [4.78, 5) is 15.1. The molecule has 3 aliphatic rings. The molecule has 1 aromatic carbocycles. The molecule has 2 atom stereocenters. The molecule has 1 amide bonds. The number of carbonyl (C=O) groups is 1. The molecule has 2 aliphatic carbocycles. The molecule has 2 saturated carbocycles. The van der Waals surface area contributed by atoms with Gasteiger partial charge in [-0.2, -0.15) is 0 Å². The number of carbonyl (C=O) groups excluding carboxylic acids is 1. The number of piperidine rings is 1. The van der Waals surface area contributed by atoms with Crippen LogP contribution < -0.4 is 10.1 Å². The molecule has 1 aromatic rings. The smallest absolute Gasteiger partial charge is 0.223 e. The van der Waals surface area contributed by atoms with Crippen LogP contribution in [0.3, 0.4) is 0 Å². The standard InChI is InChI=1S/C19H26N2O2/c1-23-16-4-2-3-13(11-16)17-12-18(17)19(22)20-14-7-9-21(10-8-14)15-5-6-15/h2-4,11,14-15,17-18H,5-10,12H2,1H3,(H,20,22)/t17-,18-/m0/s1. The first-order valence-electron chi connectivity index (χ1n) is 8.93. The van der Waals surface area contributed by atoms with Gasteiger partial charge in [-0.15, -0.1) is 0 Å². The van der Waals surface area contributed by atoms with Crippen LogP contribution in [0.25, 0.3) is 0 Å². The predicted molar refractivity (Wildman–Crippen MR) is 89.6 cm³/mol. The minimum atomic E-state index is 0.156. The van der Waals surface area contributed by atoms with Crippen molar-refractivity contribution in [2.24, 2.45) is 5.92 Å². The average Bonchev–Trinajstić information content (AvgIpc) is 3.48. The molecule has 4 heteroatoms. The summed E-state index contributed by atoms with van der Waals surface area (Å²) < 4.78 is 5.28. The lowest BCUT2D eigenvalue weighted by molar-refractivity contribution is -0.123. The van der Waals surface area contributed by atoms with Crippen molar-refractivity contribution in [2.45, 2.75) is 50.1 Å². The van der Waals surface area contributed by atoms with Crippen molar-refractivity contribution in [3.8, 4) is 5.75 Å². The topological polar surface area (TPSA) is 41.6 Å². The van der Waals surface area contributed by atoms with Crippen molar-refractivity contribution >= 4 is 5.91 Å². The molecule has 1 N–H and O–H groups in total. The highest BCUT2D eigenvalue weighted by Gasteiger charge is 2.44. The summed E-state index contributed by atoms with van der Waals surface area (Å²) in [6.45, 7) is 2.30. The molecule has 4 nitrogen and oxygen atoms in total. The Balaban J connectivity index is 1.27. The van der Waals surface area contributed by atoms with Crippen molar-refractivity contribution in [3.63, 3.8) is 0 Å². The van der Waals surface area contributed by atoms with Gasteiger partial charge in [0.25, 0.3) is 0 Å². The summed E-state index contributed by atoms with van der Waals surface area (Å²) >= 11 is 0. The zero-order chi connectivity index (χ0) is 15.8. The summed E-state index contributed by atoms with van der Waals surface area (Å²) in [5, 5.41) is 3.29. The highest BCUT2D eigenvalue weighted by Crippen LogP contribution is 2.48. The predicted octanol–water partition coefficient (Wildman–Crippen LogP) is 2.54. The minimum absolute atomic E-state index is 0.156. The maximum Gasteiger partial charge on any atom is 0.223 e. The van der Waals surface area contributed by atoms with Crippen LogP contribution in [0.2, 0.25) is 0 Å². The van der Waals surface area contributed by atoms with E-state index < -0.39 is 0 Å². The van der Waals surface area contributed by atoms with Crippen LogP contribution in [0.1, 0.15) is 43.6 Å². The molecule has 0 unspecified atom stereocenters. The summed E-state index contributed by atoms with van der Waals surface area (Å²) in [6, 6.07) is 9.36. The van der Waals surface area contributed by atoms with Crippen LogP contribution in [0.15, 0.2) is 24.3 Å². The fourth-order valence-corrected chi connectivity index (χ4v) is 3.88. The number of amides is 1. The van der Waals surface area contributed by atoms with Gasteiger partial charge in [-0.05, 0) is 55.7 Å². The van der Waals surface area contributed by atoms with Crippen molar-refractivity contribution in [1.82, 2.24) is 10.2 Å². The van der Waals surface area contributed by atoms with Crippen LogP contribution in [-0.2, 0) is 4.79 Å². The maximum absolute atomic E-state index is 12.5. The summed E-state index contributed by atoms with van der Waals surface area (Å²) in [7, 11) is 1.68. The third kappa shape index (κ3) is 3.37. The van der Waals surface area contributed by atoms with E-state index in [1.807, 2.05) is 12.1 Å². The zero-order valence-electron chi connectivity index (χ0n) is 13.8. The minimum Gasteiger partial charge on any atom is -0.497 e. The summed E-state index contributed by atoms with van der Waals surface area (Å²) in [6.07, 6.45) is 5.94. The summed E-state index contributed by atoms with van der Waals surface area (Å²) in [5.41, 5.74) is 1.23. The number of rotatable bonds is 5. The van der Waals surface area contributed by atoms with Gasteiger partial charge < -0.3 is 15.0 Å². The van der Waals surface area contributed by atoms with Gasteiger partial charge in [0, 0.05) is 31.1 Å². The van der Waals surface area contributed by atoms with Crippen LogP contribution >= 0.6 is 0 Å². The van der Waals surface area contributed by atoms with E-state index in [9.17, 15) is 4.79 Å². The number of hydrogen-bond donors (Lipinski definition) is 1. The lowest BCUT2D eigenvalue weighted by Gasteiger charge is -2.32. The van der Waals surface area contributed by atoms with E-state index in [4.69, 9.17) is 4.74 Å². The van der Waals surface area contributed by atoms with E-state index in [-0.39, 0.29) is 11.8 Å². The van der Waals surface area contributed by atoms with E-state index in [0.29, 0.717) is 12.0 Å². The Bertz CT molecular complexity index is 576. The number of benzene rings is 1. The number of ether oxygens (including phenoxy) is 1. The second-order valence-electron chi connectivity index (χ2n) is 7.28. The molecular weight excluding hydrogens is 288 g/mol. The zero-order valence-corrected chi connectivity index (χ0v) is 13.8. The number of nitrogens with zero attached hydrogens (tertiary/aromatic N) is 1. The Labute approximate surface area is 138 Å². The Morgan fingerprint density at radius 3 is 2.70 bits per heavy atom. The largest absolute Gasteiger partial charge is 0.497 e. The Hall–Kier alpha value is -1.55. The lowest BCUT2D eigenvalue weighted by atomic mass is 10.0. The van der Waals surface area contributed by atoms with E-state index in [0.717, 1.165) is 44.1 Å². The normalized spacial score (nSPS) is 28.4. The SMILES string of the molecule is COc1cccc([C@@H]2C[C@@H]2C(=O)NC2CCN(C3CC3)CC2)c1. The second kappa shape index (κ2) is 6.16. The molecule has 1 heterocycles. The third-order valence-electron chi connectivity index (χ3n) is 5.59. The van der Waals surface area contributed by atoms with Gasteiger partial charge in [0.05, 0.1) is 7.11 Å². The molecule has 0 spiro atoms. The van der Waals surface area contributed by atoms with Crippen molar-refractivity contribution in [1.29, 1.82) is 0 Å². The highest BCUT2D eigenvalue weighted by atomic mass is 16.5. The Morgan fingerprint density at radius 1 is 1.22 bits per heavy atom. The third-order valence-corrected chi connectivity index (χ3v) is 5.59. The number of nitrogens with one attached hydrogen (secondary N) is 1. The Morgan fingerprint density at radius 2 is 2.00 bits per heavy atom. The van der Waals surface area contributed by atoms with E-state index in [2.05, 4.69) is 22.3 Å². The fourth-order valence-electron chi connectivity index (χ4n) is 3.88. The van der Waals surface area contributed by atoms with Crippen molar-refractivity contribution in [2.75, 3.05) is 20.2 Å². The molecule has 3 fully saturated rings. The lowest BCUT2D eigenvalue weighted by Crippen LogP contribution is -2.45. The molecular formula is C19H26N2O2. The van der Waals surface area contributed by atoms with E-state index in [1.165, 1.54) is 18.4 Å². The number of likely N-dealkylation sites (tertiary alicyclic amines) is 1. The van der Waals surface area contributed by atoms with Gasteiger partial charge in [0.1, 0.15) is 5.75 Å². The van der Waals surface area contributed by atoms with Crippen molar-refractivity contribution < 1.29 is 9.53 Å². The van der Waals surface area contributed by atoms with Crippen LogP contribution in [-0.4, -0.2) is 43.1 Å². The molecule has 0 bridgehead atoms. The van der Waals surface area contributed by atoms with E-state index >= 15 is 0 Å². The molecule has 4 rings (SSSR count). The molecule has 0 radical (unpaired) electrons.